The van der Waals surface area contributed by atoms with E-state index in [9.17, 15) is 4.79 Å². The number of hydrogen-bond acceptors (Lipinski definition) is 4. The first-order valence-electron chi connectivity index (χ1n) is 13.8. The van der Waals surface area contributed by atoms with Gasteiger partial charge in [-0.1, -0.05) is 56.9 Å². The molecule has 3 aromatic rings. The molecule has 2 aromatic heterocycles. The van der Waals surface area contributed by atoms with Gasteiger partial charge >= 0.3 is 0 Å². The van der Waals surface area contributed by atoms with Gasteiger partial charge < -0.3 is 15.3 Å². The van der Waals surface area contributed by atoms with Crippen molar-refractivity contribution in [2.24, 2.45) is 5.92 Å². The number of unbranched alkanes of at least 4 members (excludes halogenated alkanes) is 1. The van der Waals surface area contributed by atoms with Crippen LogP contribution in [-0.4, -0.2) is 32.3 Å². The zero-order valence-corrected chi connectivity index (χ0v) is 22.6. The summed E-state index contributed by atoms with van der Waals surface area (Å²) in [5, 5.41) is 3.51. The van der Waals surface area contributed by atoms with Gasteiger partial charge in [0.2, 0.25) is 0 Å². The Morgan fingerprint density at radius 1 is 1.18 bits per heavy atom. The number of aromatic nitrogens is 4. The number of terminal acetylenes is 1. The molecule has 38 heavy (non-hydrogen) atoms. The smallest absolute Gasteiger partial charge is 0.160 e. The minimum atomic E-state index is -0.0233. The molecular weight excluding hydrogens is 470 g/mol. The minimum absolute atomic E-state index is 0.0233. The number of Topliss-reactive ketones (excluding diaryl/α,β-unsaturated/α-hetero) is 1. The Labute approximate surface area is 225 Å². The molecule has 0 spiro atoms. The summed E-state index contributed by atoms with van der Waals surface area (Å²) < 4.78 is 0. The van der Waals surface area contributed by atoms with Gasteiger partial charge in [0, 0.05) is 11.1 Å². The van der Waals surface area contributed by atoms with Gasteiger partial charge in [0.15, 0.2) is 5.78 Å². The first-order valence-corrected chi connectivity index (χ1v) is 13.8. The molecule has 2 aliphatic rings. The second-order valence-corrected chi connectivity index (χ2v) is 10.6. The fourth-order valence-corrected chi connectivity index (χ4v) is 5.63. The van der Waals surface area contributed by atoms with Crippen molar-refractivity contribution in [2.45, 2.75) is 71.3 Å². The van der Waals surface area contributed by atoms with Crippen LogP contribution in [0.4, 0.5) is 0 Å². The summed E-state index contributed by atoms with van der Waals surface area (Å²) in [4.78, 5) is 28.9. The number of ketones is 1. The number of allylic oxidation sites excluding steroid dienone is 4. The summed E-state index contributed by atoms with van der Waals surface area (Å²) in [6.07, 6.45) is 20.2. The lowest BCUT2D eigenvalue weighted by Gasteiger charge is -2.23. The Kier molecular flexibility index (Phi) is 7.76. The van der Waals surface area contributed by atoms with E-state index in [1.807, 2.05) is 18.5 Å². The number of imidazole rings is 2. The average molecular weight is 508 g/mol. The first kappa shape index (κ1) is 25.9. The maximum Gasteiger partial charge on any atom is 0.160 e. The molecule has 5 rings (SSSR count). The molecule has 0 bridgehead atoms. The lowest BCUT2D eigenvalue weighted by Crippen LogP contribution is -2.14. The zero-order chi connectivity index (χ0) is 26.6. The second-order valence-electron chi connectivity index (χ2n) is 10.6. The molecule has 0 saturated carbocycles. The number of nitrogens with one attached hydrogen (secondary N) is 3. The van der Waals surface area contributed by atoms with Gasteiger partial charge in [0.1, 0.15) is 11.6 Å². The van der Waals surface area contributed by atoms with Crippen LogP contribution in [0.5, 0.6) is 0 Å². The van der Waals surface area contributed by atoms with Crippen molar-refractivity contribution in [2.75, 3.05) is 6.54 Å². The van der Waals surface area contributed by atoms with Crippen molar-refractivity contribution in [1.29, 1.82) is 0 Å². The lowest BCUT2D eigenvalue weighted by molar-refractivity contribution is 0.101. The van der Waals surface area contributed by atoms with Crippen molar-refractivity contribution in [3.8, 4) is 23.6 Å². The predicted octanol–water partition coefficient (Wildman–Crippen LogP) is 6.84. The van der Waals surface area contributed by atoms with Crippen molar-refractivity contribution < 1.29 is 4.79 Å². The van der Waals surface area contributed by atoms with Crippen molar-refractivity contribution in [3.63, 3.8) is 0 Å². The second kappa shape index (κ2) is 11.4. The standard InChI is InChI=1S/C32H37N5O/c1-5-7-9-22(6-2)31-34-18-30(36-31)24-12-14-26(27(17-24)21(4)38)25-13-11-23(16-20(25)3)29-19-35-32(37-29)28-10-8-15-33-28/h2,11-14,17-20,22,28,33H,5,7-10,15-16H2,1,3-4H3,(H,34,36)(H,35,37). The van der Waals surface area contributed by atoms with Crippen molar-refractivity contribution >= 4 is 16.9 Å². The summed E-state index contributed by atoms with van der Waals surface area (Å²) in [6, 6.07) is 6.45. The molecule has 1 fully saturated rings. The minimum Gasteiger partial charge on any atom is -0.341 e. The van der Waals surface area contributed by atoms with Crippen LogP contribution < -0.4 is 5.32 Å². The SMILES string of the molecule is C#CC(CCCC)c1ncc(-c2ccc(C3=CC=C(c4cnc(C5CCCN5)[nH]4)CC3C)c(C(C)=O)c2)[nH]1. The van der Waals surface area contributed by atoms with Crippen molar-refractivity contribution in [3.05, 3.63) is 71.2 Å². The Morgan fingerprint density at radius 2 is 2.03 bits per heavy atom. The Hall–Kier alpha value is -3.69. The van der Waals surface area contributed by atoms with Gasteiger partial charge in [-0.15, -0.1) is 6.42 Å². The van der Waals surface area contributed by atoms with Gasteiger partial charge in [-0.2, -0.15) is 0 Å². The largest absolute Gasteiger partial charge is 0.341 e. The average Bonchev–Trinajstić information content (AvgIpc) is 3.71. The molecule has 0 radical (unpaired) electrons. The molecule has 196 valence electrons. The maximum atomic E-state index is 12.8. The Morgan fingerprint density at radius 3 is 2.74 bits per heavy atom. The van der Waals surface area contributed by atoms with Crippen LogP contribution in [0.25, 0.3) is 22.4 Å². The number of carbonyl (C=O) groups excluding carboxylic acids is 1. The van der Waals surface area contributed by atoms with Gasteiger partial charge in [-0.3, -0.25) is 4.79 Å². The number of nitrogens with zero attached hydrogens (tertiary/aromatic N) is 2. The van der Waals surface area contributed by atoms with E-state index in [0.717, 1.165) is 78.4 Å². The van der Waals surface area contributed by atoms with E-state index in [2.05, 4.69) is 69.3 Å². The molecule has 3 N–H and O–H groups in total. The topological polar surface area (TPSA) is 86.5 Å². The highest BCUT2D eigenvalue weighted by molar-refractivity contribution is 6.01. The molecule has 6 heteroatoms. The van der Waals surface area contributed by atoms with E-state index in [0.29, 0.717) is 6.04 Å². The monoisotopic (exact) mass is 507 g/mol. The highest BCUT2D eigenvalue weighted by atomic mass is 16.1. The molecule has 1 aromatic carbocycles. The van der Waals surface area contributed by atoms with Gasteiger partial charge in [0.05, 0.1) is 35.7 Å². The number of rotatable bonds is 9. The quantitative estimate of drug-likeness (QED) is 0.219. The highest BCUT2D eigenvalue weighted by Gasteiger charge is 2.24. The molecule has 6 nitrogen and oxygen atoms in total. The van der Waals surface area contributed by atoms with Crippen LogP contribution in [0.3, 0.4) is 0 Å². The van der Waals surface area contributed by atoms with Gasteiger partial charge in [-0.25, -0.2) is 9.97 Å². The van der Waals surface area contributed by atoms with Crippen LogP contribution >= 0.6 is 0 Å². The number of H-pyrrole nitrogens is 2. The zero-order valence-electron chi connectivity index (χ0n) is 22.6. The van der Waals surface area contributed by atoms with E-state index in [1.54, 1.807) is 6.92 Å². The third-order valence-electron chi connectivity index (χ3n) is 7.85. The predicted molar refractivity (Wildman–Crippen MR) is 153 cm³/mol. The van der Waals surface area contributed by atoms with Crippen LogP contribution in [0, 0.1) is 18.3 Å². The summed E-state index contributed by atoms with van der Waals surface area (Å²) in [6.45, 7) is 7.07. The number of aromatic amines is 2. The first-order chi connectivity index (χ1) is 18.5. The molecular formula is C32H37N5O. The fraction of sp³-hybridized carbons (Fsp3) is 0.406. The molecule has 1 saturated heterocycles. The number of hydrogen-bond donors (Lipinski definition) is 3. The van der Waals surface area contributed by atoms with Crippen LogP contribution in [-0.2, 0) is 0 Å². The number of carbonyl (C=O) groups is 1. The molecule has 1 aliphatic carbocycles. The normalized spacial score (nSPS) is 20.1. The summed E-state index contributed by atoms with van der Waals surface area (Å²) in [5.41, 5.74) is 7.05. The van der Waals surface area contributed by atoms with Crippen LogP contribution in [0.15, 0.2) is 42.7 Å². The Bertz CT molecular complexity index is 1410. The molecule has 3 unspecified atom stereocenters. The summed E-state index contributed by atoms with van der Waals surface area (Å²) >= 11 is 0. The molecule has 3 atom stereocenters. The third-order valence-corrected chi connectivity index (χ3v) is 7.85. The van der Waals surface area contributed by atoms with E-state index in [1.165, 1.54) is 17.6 Å². The van der Waals surface area contributed by atoms with E-state index in [-0.39, 0.29) is 17.6 Å². The third kappa shape index (κ3) is 5.30. The van der Waals surface area contributed by atoms with Gasteiger partial charge in [-0.05, 0) is 67.8 Å². The van der Waals surface area contributed by atoms with Crippen LogP contribution in [0.2, 0.25) is 0 Å². The molecule has 0 amide bonds. The van der Waals surface area contributed by atoms with Gasteiger partial charge in [0.25, 0.3) is 0 Å². The van der Waals surface area contributed by atoms with E-state index >= 15 is 0 Å². The maximum absolute atomic E-state index is 12.8. The highest BCUT2D eigenvalue weighted by Crippen LogP contribution is 2.38. The summed E-state index contributed by atoms with van der Waals surface area (Å²) in [5.74, 6) is 5.00. The van der Waals surface area contributed by atoms with E-state index in [4.69, 9.17) is 6.42 Å². The van der Waals surface area contributed by atoms with Crippen LogP contribution in [0.1, 0.15) is 105 Å². The number of benzene rings is 1. The van der Waals surface area contributed by atoms with Crippen molar-refractivity contribution in [1.82, 2.24) is 25.3 Å². The molecule has 1 aliphatic heterocycles. The fourth-order valence-electron chi connectivity index (χ4n) is 5.63. The van der Waals surface area contributed by atoms with E-state index < -0.39 is 0 Å². The summed E-state index contributed by atoms with van der Waals surface area (Å²) in [7, 11) is 0. The Balaban J connectivity index is 1.41. The lowest BCUT2D eigenvalue weighted by atomic mass is 9.81. The molecule has 3 heterocycles.